The van der Waals surface area contributed by atoms with Gasteiger partial charge in [-0.2, -0.15) is 0 Å². The fraction of sp³-hybridized carbons (Fsp3) is 0.200. The predicted octanol–water partition coefficient (Wildman–Crippen LogP) is 1.77. The van der Waals surface area contributed by atoms with Crippen molar-refractivity contribution in [3.8, 4) is 0 Å². The lowest BCUT2D eigenvalue weighted by molar-refractivity contribution is 0.633. The minimum atomic E-state index is -0.547. The zero-order chi connectivity index (χ0) is 10.8. The van der Waals surface area contributed by atoms with E-state index in [9.17, 15) is 9.18 Å². The second-order valence-electron chi connectivity index (χ2n) is 3.07. The molecular formula is C10H8ClFN2O. The highest BCUT2D eigenvalue weighted by molar-refractivity contribution is 6.17. The van der Waals surface area contributed by atoms with Gasteiger partial charge in [-0.3, -0.25) is 9.36 Å². The van der Waals surface area contributed by atoms with E-state index in [1.165, 1.54) is 23.0 Å². The van der Waals surface area contributed by atoms with Crippen molar-refractivity contribution in [2.75, 3.05) is 5.88 Å². The topological polar surface area (TPSA) is 34.9 Å². The number of fused-ring (bicyclic) bond motifs is 1. The quantitative estimate of drug-likeness (QED) is 0.732. The highest BCUT2D eigenvalue weighted by Gasteiger charge is 2.07. The molecule has 0 aliphatic heterocycles. The van der Waals surface area contributed by atoms with E-state index in [-0.39, 0.29) is 5.39 Å². The summed E-state index contributed by atoms with van der Waals surface area (Å²) in [6.07, 6.45) is 1.38. The summed E-state index contributed by atoms with van der Waals surface area (Å²) in [5.74, 6) is -0.254. The molecule has 1 aromatic carbocycles. The molecule has 0 saturated heterocycles. The monoisotopic (exact) mass is 226 g/mol. The van der Waals surface area contributed by atoms with Gasteiger partial charge in [0.1, 0.15) is 11.2 Å². The van der Waals surface area contributed by atoms with Crippen molar-refractivity contribution in [2.24, 2.45) is 0 Å². The average molecular weight is 227 g/mol. The molecule has 1 aromatic heterocycles. The van der Waals surface area contributed by atoms with Crippen LogP contribution in [0, 0.1) is 5.82 Å². The van der Waals surface area contributed by atoms with Crippen molar-refractivity contribution < 1.29 is 4.39 Å². The molecule has 0 aliphatic carbocycles. The van der Waals surface area contributed by atoms with Crippen LogP contribution in [0.1, 0.15) is 0 Å². The molecule has 78 valence electrons. The number of hydrogen-bond acceptors (Lipinski definition) is 2. The van der Waals surface area contributed by atoms with Gasteiger partial charge in [0.15, 0.2) is 0 Å². The van der Waals surface area contributed by atoms with E-state index in [4.69, 9.17) is 11.6 Å². The van der Waals surface area contributed by atoms with Crippen molar-refractivity contribution in [3.05, 3.63) is 40.7 Å². The number of rotatable bonds is 2. The summed E-state index contributed by atoms with van der Waals surface area (Å²) in [7, 11) is 0. The Balaban J connectivity index is 2.77. The normalized spacial score (nSPS) is 10.8. The van der Waals surface area contributed by atoms with Crippen LogP contribution in [0.25, 0.3) is 10.9 Å². The van der Waals surface area contributed by atoms with Crippen LogP contribution in [0.5, 0.6) is 0 Å². The molecular weight excluding hydrogens is 219 g/mol. The molecule has 0 amide bonds. The van der Waals surface area contributed by atoms with Crippen LogP contribution in [-0.4, -0.2) is 15.4 Å². The maximum absolute atomic E-state index is 13.4. The minimum absolute atomic E-state index is 0.0186. The van der Waals surface area contributed by atoms with Crippen molar-refractivity contribution >= 4 is 22.5 Å². The van der Waals surface area contributed by atoms with Crippen LogP contribution in [0.15, 0.2) is 29.3 Å². The van der Waals surface area contributed by atoms with E-state index in [0.717, 1.165) is 0 Å². The smallest absolute Gasteiger partial charge is 0.264 e. The zero-order valence-electron chi connectivity index (χ0n) is 7.78. The highest BCUT2D eigenvalue weighted by atomic mass is 35.5. The maximum Gasteiger partial charge on any atom is 0.264 e. The Bertz CT molecular complexity index is 553. The summed E-state index contributed by atoms with van der Waals surface area (Å²) >= 11 is 5.52. The van der Waals surface area contributed by atoms with Crippen LogP contribution in [0.3, 0.4) is 0 Å². The Morgan fingerprint density at radius 3 is 3.00 bits per heavy atom. The summed E-state index contributed by atoms with van der Waals surface area (Å²) in [6, 6.07) is 4.37. The molecule has 0 fully saturated rings. The van der Waals surface area contributed by atoms with Crippen LogP contribution in [0.2, 0.25) is 0 Å². The number of alkyl halides is 1. The molecule has 5 heteroatoms. The lowest BCUT2D eigenvalue weighted by Crippen LogP contribution is -2.22. The standard InChI is InChI=1S/C10H8ClFN2O/c11-4-5-14-6-13-8-3-1-2-7(12)9(8)10(14)15/h1-3,6H,4-5H2. The highest BCUT2D eigenvalue weighted by Crippen LogP contribution is 2.10. The van der Waals surface area contributed by atoms with Gasteiger partial charge in [0.25, 0.3) is 5.56 Å². The molecule has 0 unspecified atom stereocenters. The Hall–Kier alpha value is -1.42. The van der Waals surface area contributed by atoms with Gasteiger partial charge in [-0.15, -0.1) is 11.6 Å². The number of aromatic nitrogens is 2. The third-order valence-corrected chi connectivity index (χ3v) is 2.30. The second kappa shape index (κ2) is 3.98. The van der Waals surface area contributed by atoms with Crippen LogP contribution in [0.4, 0.5) is 4.39 Å². The lowest BCUT2D eigenvalue weighted by Gasteiger charge is -2.04. The third-order valence-electron chi connectivity index (χ3n) is 2.13. The predicted molar refractivity (Wildman–Crippen MR) is 56.7 cm³/mol. The van der Waals surface area contributed by atoms with Crippen molar-refractivity contribution in [1.82, 2.24) is 9.55 Å². The SMILES string of the molecule is O=c1c2c(F)cccc2ncn1CCCl. The third kappa shape index (κ3) is 1.72. The van der Waals surface area contributed by atoms with Crippen molar-refractivity contribution in [1.29, 1.82) is 0 Å². The summed E-state index contributed by atoms with van der Waals surface area (Å²) < 4.78 is 14.7. The molecule has 15 heavy (non-hydrogen) atoms. The number of nitrogens with zero attached hydrogens (tertiary/aromatic N) is 2. The van der Waals surface area contributed by atoms with Gasteiger partial charge in [0.05, 0.1) is 11.8 Å². The van der Waals surface area contributed by atoms with Gasteiger partial charge in [0.2, 0.25) is 0 Å². The fourth-order valence-corrected chi connectivity index (χ4v) is 1.59. The summed E-state index contributed by atoms with van der Waals surface area (Å²) in [5.41, 5.74) is -0.0235. The van der Waals surface area contributed by atoms with Gasteiger partial charge in [-0.1, -0.05) is 6.07 Å². The first-order valence-electron chi connectivity index (χ1n) is 4.43. The fourth-order valence-electron chi connectivity index (χ4n) is 1.41. The lowest BCUT2D eigenvalue weighted by atomic mass is 10.2. The van der Waals surface area contributed by atoms with Gasteiger partial charge in [-0.05, 0) is 12.1 Å². The minimum Gasteiger partial charge on any atom is -0.297 e. The molecule has 1 heterocycles. The van der Waals surface area contributed by atoms with E-state index >= 15 is 0 Å². The number of benzene rings is 1. The van der Waals surface area contributed by atoms with Gasteiger partial charge in [-0.25, -0.2) is 9.37 Å². The first-order valence-corrected chi connectivity index (χ1v) is 4.97. The first kappa shape index (κ1) is 10.1. The van der Waals surface area contributed by atoms with Gasteiger partial charge >= 0.3 is 0 Å². The molecule has 0 saturated carbocycles. The number of halogens is 2. The first-order chi connectivity index (χ1) is 7.24. The van der Waals surface area contributed by atoms with Crippen LogP contribution >= 0.6 is 11.6 Å². The summed E-state index contributed by atoms with van der Waals surface area (Å²) in [5, 5.41) is 0.0186. The van der Waals surface area contributed by atoms with Crippen LogP contribution < -0.4 is 5.56 Å². The molecule has 0 atom stereocenters. The van der Waals surface area contributed by atoms with Crippen molar-refractivity contribution in [3.63, 3.8) is 0 Å². The summed E-state index contributed by atoms with van der Waals surface area (Å²) in [4.78, 5) is 15.7. The molecule has 0 bridgehead atoms. The largest absolute Gasteiger partial charge is 0.297 e. The average Bonchev–Trinajstić information content (AvgIpc) is 2.22. The van der Waals surface area contributed by atoms with Gasteiger partial charge < -0.3 is 0 Å². The Kier molecular flexibility index (Phi) is 2.68. The van der Waals surface area contributed by atoms with E-state index < -0.39 is 11.4 Å². The summed E-state index contributed by atoms with van der Waals surface area (Å²) in [6.45, 7) is 0.331. The van der Waals surface area contributed by atoms with Crippen LogP contribution in [-0.2, 0) is 6.54 Å². The molecule has 3 nitrogen and oxygen atoms in total. The van der Waals surface area contributed by atoms with E-state index in [2.05, 4.69) is 4.98 Å². The second-order valence-corrected chi connectivity index (χ2v) is 3.44. The number of aryl methyl sites for hydroxylation is 1. The van der Waals surface area contributed by atoms with E-state index in [1.54, 1.807) is 6.07 Å². The Labute approximate surface area is 90.1 Å². The van der Waals surface area contributed by atoms with Gasteiger partial charge in [0, 0.05) is 12.4 Å². The molecule has 2 aromatic rings. The Morgan fingerprint density at radius 2 is 2.27 bits per heavy atom. The molecule has 0 spiro atoms. The molecule has 2 rings (SSSR count). The van der Waals surface area contributed by atoms with E-state index in [0.29, 0.717) is 17.9 Å². The molecule has 0 radical (unpaired) electrons. The maximum atomic E-state index is 13.4. The molecule has 0 aliphatic rings. The Morgan fingerprint density at radius 1 is 1.47 bits per heavy atom. The molecule has 0 N–H and O–H groups in total. The zero-order valence-corrected chi connectivity index (χ0v) is 8.54. The number of hydrogen-bond donors (Lipinski definition) is 0. The van der Waals surface area contributed by atoms with E-state index in [1.807, 2.05) is 0 Å². The van der Waals surface area contributed by atoms with Crippen molar-refractivity contribution in [2.45, 2.75) is 6.54 Å².